The summed E-state index contributed by atoms with van der Waals surface area (Å²) in [5, 5.41) is 7.77. The van der Waals surface area contributed by atoms with Gasteiger partial charge < -0.3 is 10.1 Å². The minimum Gasteiger partial charge on any atom is -0.377 e. The maximum atomic E-state index is 10.5. The Balaban J connectivity index is 3.58. The number of nitrogens with one attached hydrogen (secondary N) is 1. The van der Waals surface area contributed by atoms with E-state index in [0.29, 0.717) is 13.1 Å². The van der Waals surface area contributed by atoms with E-state index in [-0.39, 0.29) is 11.4 Å². The van der Waals surface area contributed by atoms with E-state index >= 15 is 0 Å². The van der Waals surface area contributed by atoms with Crippen molar-refractivity contribution in [3.05, 3.63) is 0 Å². The molecule has 0 rings (SSSR count). The molecule has 0 amide bonds. The number of ether oxygens (including phenoxy) is 1. The summed E-state index contributed by atoms with van der Waals surface area (Å²) in [4.78, 5) is 0. The van der Waals surface area contributed by atoms with E-state index in [1.54, 1.807) is 7.11 Å². The Hall–Kier alpha value is -0.170. The maximum absolute atomic E-state index is 10.5. The summed E-state index contributed by atoms with van der Waals surface area (Å²) in [6, 6.07) is 0. The van der Waals surface area contributed by atoms with E-state index in [9.17, 15) is 8.42 Å². The number of primary sulfonamides is 1. The predicted molar refractivity (Wildman–Crippen MR) is 51.9 cm³/mol. The SMILES string of the molecule is COC(C)(C)CNCCS(N)(=O)=O. The first-order chi connectivity index (χ1) is 5.77. The molecule has 0 spiro atoms. The first-order valence-electron chi connectivity index (χ1n) is 4.03. The lowest BCUT2D eigenvalue weighted by atomic mass is 10.1. The Bertz CT molecular complexity index is 236. The van der Waals surface area contributed by atoms with Gasteiger partial charge in [0, 0.05) is 20.2 Å². The molecule has 0 saturated heterocycles. The molecule has 0 aromatic heterocycles. The third-order valence-electron chi connectivity index (χ3n) is 1.67. The minimum absolute atomic E-state index is 0.0488. The molecule has 0 aliphatic heterocycles. The van der Waals surface area contributed by atoms with Crippen LogP contribution in [0.4, 0.5) is 0 Å². The lowest BCUT2D eigenvalue weighted by molar-refractivity contribution is 0.0238. The normalized spacial score (nSPS) is 13.2. The summed E-state index contributed by atoms with van der Waals surface area (Å²) in [7, 11) is -1.74. The van der Waals surface area contributed by atoms with Crippen LogP contribution in [0.1, 0.15) is 13.8 Å². The molecule has 3 N–H and O–H groups in total. The van der Waals surface area contributed by atoms with E-state index in [2.05, 4.69) is 5.32 Å². The average molecular weight is 210 g/mol. The molecule has 5 nitrogen and oxygen atoms in total. The smallest absolute Gasteiger partial charge is 0.210 e. The Kier molecular flexibility index (Phi) is 4.83. The van der Waals surface area contributed by atoms with Crippen LogP contribution in [0.5, 0.6) is 0 Å². The van der Waals surface area contributed by atoms with Crippen molar-refractivity contribution in [3.8, 4) is 0 Å². The zero-order valence-electron chi connectivity index (χ0n) is 8.33. The van der Waals surface area contributed by atoms with Crippen molar-refractivity contribution in [1.82, 2.24) is 5.32 Å². The van der Waals surface area contributed by atoms with E-state index in [0.717, 1.165) is 0 Å². The van der Waals surface area contributed by atoms with Crippen molar-refractivity contribution >= 4 is 10.0 Å². The second kappa shape index (κ2) is 4.90. The molecule has 80 valence electrons. The van der Waals surface area contributed by atoms with Gasteiger partial charge in [0.05, 0.1) is 11.4 Å². The van der Waals surface area contributed by atoms with Crippen molar-refractivity contribution in [2.75, 3.05) is 26.0 Å². The highest BCUT2D eigenvalue weighted by atomic mass is 32.2. The van der Waals surface area contributed by atoms with Crippen LogP contribution in [0.2, 0.25) is 0 Å². The highest BCUT2D eigenvalue weighted by Crippen LogP contribution is 2.03. The Morgan fingerprint density at radius 3 is 2.38 bits per heavy atom. The van der Waals surface area contributed by atoms with E-state index in [1.807, 2.05) is 13.8 Å². The third kappa shape index (κ3) is 8.17. The van der Waals surface area contributed by atoms with Gasteiger partial charge in [-0.15, -0.1) is 0 Å². The molecule has 0 aromatic rings. The molecule has 0 aliphatic carbocycles. The number of hydrogen-bond acceptors (Lipinski definition) is 4. The minimum atomic E-state index is -3.35. The maximum Gasteiger partial charge on any atom is 0.210 e. The second-order valence-corrected chi connectivity index (χ2v) is 5.24. The number of methoxy groups -OCH3 is 1. The lowest BCUT2D eigenvalue weighted by Crippen LogP contribution is -2.39. The molecule has 0 unspecified atom stereocenters. The summed E-state index contributed by atoms with van der Waals surface area (Å²) >= 11 is 0. The van der Waals surface area contributed by atoms with Crippen LogP contribution in [-0.2, 0) is 14.8 Å². The third-order valence-corrected chi connectivity index (χ3v) is 2.44. The van der Waals surface area contributed by atoms with Gasteiger partial charge in [-0.2, -0.15) is 0 Å². The van der Waals surface area contributed by atoms with Gasteiger partial charge in [-0.05, 0) is 13.8 Å². The van der Waals surface area contributed by atoms with E-state index < -0.39 is 10.0 Å². The lowest BCUT2D eigenvalue weighted by Gasteiger charge is -2.22. The molecular formula is C7H18N2O3S. The average Bonchev–Trinajstić information content (AvgIpc) is 1.97. The Labute approximate surface area is 79.7 Å². The number of rotatable bonds is 6. The molecule has 0 bridgehead atoms. The summed E-state index contributed by atoms with van der Waals surface area (Å²) in [6.45, 7) is 4.78. The van der Waals surface area contributed by atoms with Gasteiger partial charge in [0.2, 0.25) is 10.0 Å². The summed E-state index contributed by atoms with van der Waals surface area (Å²) in [5.74, 6) is -0.0488. The molecule has 6 heteroatoms. The monoisotopic (exact) mass is 210 g/mol. The summed E-state index contributed by atoms with van der Waals surface area (Å²) < 4.78 is 26.2. The van der Waals surface area contributed by atoms with Gasteiger partial charge in [-0.1, -0.05) is 0 Å². The molecule has 0 radical (unpaired) electrons. The van der Waals surface area contributed by atoms with E-state index in [4.69, 9.17) is 9.88 Å². The first kappa shape index (κ1) is 12.8. The first-order valence-corrected chi connectivity index (χ1v) is 5.75. The highest BCUT2D eigenvalue weighted by molar-refractivity contribution is 7.89. The van der Waals surface area contributed by atoms with E-state index in [1.165, 1.54) is 0 Å². The van der Waals surface area contributed by atoms with Crippen LogP contribution in [0.3, 0.4) is 0 Å². The molecule has 0 fully saturated rings. The van der Waals surface area contributed by atoms with Gasteiger partial charge in [-0.25, -0.2) is 13.6 Å². The van der Waals surface area contributed by atoms with Crippen LogP contribution < -0.4 is 10.5 Å². The largest absolute Gasteiger partial charge is 0.377 e. The Morgan fingerprint density at radius 2 is 2.00 bits per heavy atom. The molecule has 0 aromatic carbocycles. The molecule has 0 atom stereocenters. The zero-order chi connectivity index (χ0) is 10.5. The molecule has 0 saturated carbocycles. The summed E-state index contributed by atoms with van der Waals surface area (Å²) in [6.07, 6.45) is 0. The van der Waals surface area contributed by atoms with Crippen LogP contribution in [0.15, 0.2) is 0 Å². The molecule has 0 heterocycles. The molecule has 0 aliphatic rings. The standard InChI is InChI=1S/C7H18N2O3S/c1-7(2,12-3)6-9-4-5-13(8,10)11/h9H,4-6H2,1-3H3,(H2,8,10,11). The topological polar surface area (TPSA) is 81.4 Å². The van der Waals surface area contributed by atoms with Gasteiger partial charge in [-0.3, -0.25) is 0 Å². The predicted octanol–water partition coefficient (Wildman–Crippen LogP) is -0.710. The van der Waals surface area contributed by atoms with Crippen molar-refractivity contribution in [1.29, 1.82) is 0 Å². The van der Waals surface area contributed by atoms with Crippen molar-refractivity contribution in [3.63, 3.8) is 0 Å². The van der Waals surface area contributed by atoms with Gasteiger partial charge in [0.1, 0.15) is 0 Å². The summed E-state index contributed by atoms with van der Waals surface area (Å²) in [5.41, 5.74) is -0.279. The van der Waals surface area contributed by atoms with Gasteiger partial charge in [0.25, 0.3) is 0 Å². The number of nitrogens with two attached hydrogens (primary N) is 1. The second-order valence-electron chi connectivity index (χ2n) is 3.51. The fourth-order valence-electron chi connectivity index (χ4n) is 0.676. The van der Waals surface area contributed by atoms with Gasteiger partial charge in [0.15, 0.2) is 0 Å². The number of hydrogen-bond donors (Lipinski definition) is 2. The van der Waals surface area contributed by atoms with Crippen LogP contribution in [0, 0.1) is 0 Å². The van der Waals surface area contributed by atoms with Crippen LogP contribution >= 0.6 is 0 Å². The molecule has 13 heavy (non-hydrogen) atoms. The van der Waals surface area contributed by atoms with Crippen molar-refractivity contribution in [2.24, 2.45) is 5.14 Å². The Morgan fingerprint density at radius 1 is 1.46 bits per heavy atom. The fraction of sp³-hybridized carbons (Fsp3) is 1.00. The van der Waals surface area contributed by atoms with Crippen LogP contribution in [-0.4, -0.2) is 40.0 Å². The number of sulfonamides is 1. The zero-order valence-corrected chi connectivity index (χ0v) is 9.15. The van der Waals surface area contributed by atoms with Crippen LogP contribution in [0.25, 0.3) is 0 Å². The van der Waals surface area contributed by atoms with Gasteiger partial charge >= 0.3 is 0 Å². The fourth-order valence-corrected chi connectivity index (χ4v) is 1.10. The molecular weight excluding hydrogens is 192 g/mol. The van der Waals surface area contributed by atoms with Crippen molar-refractivity contribution < 1.29 is 13.2 Å². The quantitative estimate of drug-likeness (QED) is 0.567. The van der Waals surface area contributed by atoms with Crippen molar-refractivity contribution in [2.45, 2.75) is 19.4 Å². The highest BCUT2D eigenvalue weighted by Gasteiger charge is 2.15.